The van der Waals surface area contributed by atoms with Crippen LogP contribution in [0.1, 0.15) is 106 Å². The fraction of sp³-hybridized carbons (Fsp3) is 0.681. The number of aryl methyl sites for hydroxylation is 1. The van der Waals surface area contributed by atoms with E-state index in [1.807, 2.05) is 52.4 Å². The molecule has 0 saturated heterocycles. The molecule has 0 saturated carbocycles. The van der Waals surface area contributed by atoms with Crippen LogP contribution in [-0.4, -0.2) is 123 Å². The van der Waals surface area contributed by atoms with E-state index in [2.05, 4.69) is 44.8 Å². The number of amides is 2. The second-order valence-corrected chi connectivity index (χ2v) is 20.8. The van der Waals surface area contributed by atoms with Gasteiger partial charge in [0, 0.05) is 92.4 Å². The Morgan fingerprint density at radius 2 is 1.51 bits per heavy atom. The van der Waals surface area contributed by atoms with E-state index in [1.54, 1.807) is 0 Å². The van der Waals surface area contributed by atoms with Crippen molar-refractivity contribution in [2.24, 2.45) is 16.2 Å². The number of aromatic nitrogens is 7. The van der Waals surface area contributed by atoms with Crippen molar-refractivity contribution in [1.29, 1.82) is 0 Å². The van der Waals surface area contributed by atoms with Crippen molar-refractivity contribution in [2.75, 3.05) is 71.8 Å². The van der Waals surface area contributed by atoms with Gasteiger partial charge in [-0.15, -0.1) is 16.7 Å². The lowest BCUT2D eigenvalue weighted by atomic mass is 9.89. The lowest BCUT2D eigenvalue weighted by Crippen LogP contribution is -2.38. The van der Waals surface area contributed by atoms with Crippen molar-refractivity contribution >= 4 is 40.1 Å². The van der Waals surface area contributed by atoms with Gasteiger partial charge in [-0.25, -0.2) is 4.98 Å². The largest absolute Gasteiger partial charge is 0.380 e. The Kier molecular flexibility index (Phi) is 21.3. The normalized spacial score (nSPS) is 12.5. The first-order valence-electron chi connectivity index (χ1n) is 23.4. The van der Waals surface area contributed by atoms with E-state index in [1.165, 1.54) is 40.0 Å². The molecule has 0 unspecified atom stereocenters. The van der Waals surface area contributed by atoms with E-state index < -0.39 is 26.9 Å². The van der Waals surface area contributed by atoms with Gasteiger partial charge in [-0.05, 0) is 30.7 Å². The van der Waals surface area contributed by atoms with Crippen LogP contribution < -0.4 is 21.8 Å². The van der Waals surface area contributed by atoms with Crippen LogP contribution >= 0.6 is 11.6 Å². The van der Waals surface area contributed by atoms with E-state index in [9.17, 15) is 29.3 Å². The number of nitro benzene ring substituents is 1. The Morgan fingerprint density at radius 3 is 2.22 bits per heavy atom. The molecule has 0 aliphatic rings. The minimum atomic E-state index is -0.918. The van der Waals surface area contributed by atoms with Gasteiger partial charge in [0.1, 0.15) is 5.69 Å². The zero-order chi connectivity index (χ0) is 50.0. The number of nitrogens with zero attached hydrogens (tertiary/aromatic N) is 7. The molecule has 4 rings (SSSR count). The van der Waals surface area contributed by atoms with E-state index in [0.29, 0.717) is 78.2 Å². The molecule has 21 heteroatoms. The van der Waals surface area contributed by atoms with Crippen LogP contribution in [0.3, 0.4) is 0 Å². The lowest BCUT2D eigenvalue weighted by molar-refractivity contribution is -0.384. The number of unbranched alkanes of at least 4 members (excludes halogenated alkanes) is 3. The fourth-order valence-corrected chi connectivity index (χ4v) is 7.55. The third kappa shape index (κ3) is 18.5. The molecule has 4 aromatic rings. The number of rotatable bonds is 33. The summed E-state index contributed by atoms with van der Waals surface area (Å²) in [6.07, 6.45) is 11.3. The number of fused-ring (bicyclic) bond motifs is 1. The summed E-state index contributed by atoms with van der Waals surface area (Å²) in [5.41, 5.74) is -2.16. The number of halogens is 1. The number of ether oxygens (including phenoxy) is 4. The number of alkyl halides is 1. The predicted molar refractivity (Wildman–Crippen MR) is 259 cm³/mol. The molecule has 3 aromatic heterocycles. The minimum absolute atomic E-state index is 0.0392. The third-order valence-corrected chi connectivity index (χ3v) is 11.4. The fourth-order valence-electron chi connectivity index (χ4n) is 7.36. The summed E-state index contributed by atoms with van der Waals surface area (Å²) in [5.74, 6) is 0.429. The van der Waals surface area contributed by atoms with Crippen LogP contribution in [0, 0.1) is 26.4 Å². The number of hydrogen-bond acceptors (Lipinski definition) is 13. The molecule has 0 aliphatic carbocycles. The van der Waals surface area contributed by atoms with Crippen molar-refractivity contribution < 1.29 is 33.5 Å². The summed E-state index contributed by atoms with van der Waals surface area (Å²) in [5, 5.41) is 26.6. The van der Waals surface area contributed by atoms with Crippen LogP contribution in [0.2, 0.25) is 0 Å². The number of hydrogen-bond donors (Lipinski definition) is 3. The highest BCUT2D eigenvalue weighted by Crippen LogP contribution is 2.29. The van der Waals surface area contributed by atoms with Gasteiger partial charge >= 0.3 is 11.1 Å². The highest BCUT2D eigenvalue weighted by atomic mass is 35.5. The molecule has 0 aliphatic heterocycles. The Bertz CT molecular complexity index is 2340. The van der Waals surface area contributed by atoms with Gasteiger partial charge in [0.15, 0.2) is 0 Å². The molecule has 378 valence electrons. The molecule has 68 heavy (non-hydrogen) atoms. The zero-order valence-corrected chi connectivity index (χ0v) is 42.0. The standard InChI is InChI=1S/C47H73ClN10O10/c1-44(2,26-41(60)50-17-21-66-23-22-65-20-12-10-9-11-15-48)30-67-32-46(5,6)29-56-27-39(53-54-56)47(7,8)33-68-31-45(3,4)28-51-40(59)14-13-18-57-36-25-37(55-19-16-49-34-55)38(58(63)64)24-35(36)52-42(61)43(57)62/h16,19,24-25,27,34H,9-15,17-18,20-23,26,28-33H2,1-8H3,(H,50,60)(H,51,59)(H,52,61). The maximum atomic E-state index is 12.9. The molecular weight excluding hydrogens is 900 g/mol. The van der Waals surface area contributed by atoms with E-state index in [0.717, 1.165) is 38.0 Å². The van der Waals surface area contributed by atoms with Gasteiger partial charge < -0.3 is 43.7 Å². The van der Waals surface area contributed by atoms with Gasteiger partial charge in [-0.3, -0.25) is 34.0 Å². The van der Waals surface area contributed by atoms with Crippen molar-refractivity contribution in [3.8, 4) is 5.69 Å². The Morgan fingerprint density at radius 1 is 0.824 bits per heavy atom. The van der Waals surface area contributed by atoms with Gasteiger partial charge in [0.25, 0.3) is 5.69 Å². The minimum Gasteiger partial charge on any atom is -0.380 e. The molecule has 0 radical (unpaired) electrons. The first kappa shape index (κ1) is 55.6. The Labute approximate surface area is 403 Å². The van der Waals surface area contributed by atoms with Crippen LogP contribution in [0.5, 0.6) is 0 Å². The van der Waals surface area contributed by atoms with Gasteiger partial charge in [0.05, 0.1) is 74.2 Å². The van der Waals surface area contributed by atoms with Gasteiger partial charge in [-0.2, -0.15) is 0 Å². The Hall–Kier alpha value is -5.02. The second kappa shape index (κ2) is 26.1. The zero-order valence-electron chi connectivity index (χ0n) is 41.2. The topological polar surface area (TPSA) is 242 Å². The maximum Gasteiger partial charge on any atom is 0.316 e. The highest BCUT2D eigenvalue weighted by molar-refractivity contribution is 6.17. The van der Waals surface area contributed by atoms with Crippen molar-refractivity contribution in [1.82, 2.24) is 44.7 Å². The predicted octanol–water partition coefficient (Wildman–Crippen LogP) is 5.70. The van der Waals surface area contributed by atoms with Crippen LogP contribution in [0.15, 0.2) is 46.6 Å². The SMILES string of the molecule is CC(C)(CNC(=O)CCCn1c(=O)c(=O)[nH]c2cc([N+](=O)[O-])c(-n3ccnc3)cc21)COCC(C)(C)c1cn(CC(C)(C)COCC(C)(C)CC(=O)NCCOCCOCCCCCCCl)nn1. The van der Waals surface area contributed by atoms with Crippen LogP contribution in [0.4, 0.5) is 5.69 Å². The molecule has 0 atom stereocenters. The second-order valence-electron chi connectivity index (χ2n) is 20.4. The van der Waals surface area contributed by atoms with E-state index in [-0.39, 0.29) is 64.4 Å². The number of carbonyl (C=O) groups is 2. The van der Waals surface area contributed by atoms with E-state index >= 15 is 0 Å². The average Bonchev–Trinajstić information content (AvgIpc) is 3.97. The van der Waals surface area contributed by atoms with Crippen LogP contribution in [-0.2, 0) is 47.0 Å². The number of carbonyl (C=O) groups excluding carboxylic acids is 2. The third-order valence-electron chi connectivity index (χ3n) is 11.1. The van der Waals surface area contributed by atoms with Gasteiger partial charge in [-0.1, -0.05) is 73.4 Å². The van der Waals surface area contributed by atoms with E-state index in [4.69, 9.17) is 30.5 Å². The molecule has 3 N–H and O–H groups in total. The van der Waals surface area contributed by atoms with Gasteiger partial charge in [0.2, 0.25) is 11.8 Å². The summed E-state index contributed by atoms with van der Waals surface area (Å²) >= 11 is 5.70. The maximum absolute atomic E-state index is 12.9. The summed E-state index contributed by atoms with van der Waals surface area (Å²) in [6.45, 7) is 21.4. The monoisotopic (exact) mass is 973 g/mol. The molecule has 0 fully saturated rings. The molecule has 3 heterocycles. The number of nitro groups is 1. The first-order chi connectivity index (χ1) is 32.1. The number of benzene rings is 1. The molecule has 1 aromatic carbocycles. The summed E-state index contributed by atoms with van der Waals surface area (Å²) < 4.78 is 28.0. The van der Waals surface area contributed by atoms with Crippen LogP contribution in [0.25, 0.3) is 16.7 Å². The quantitative estimate of drug-likeness (QED) is 0.0171. The van der Waals surface area contributed by atoms with Crippen molar-refractivity contribution in [3.05, 3.63) is 73.6 Å². The number of nitrogens with one attached hydrogen (secondary N) is 3. The number of aromatic amines is 1. The summed E-state index contributed by atoms with van der Waals surface area (Å²) in [7, 11) is 0. The highest BCUT2D eigenvalue weighted by Gasteiger charge is 2.30. The summed E-state index contributed by atoms with van der Waals surface area (Å²) in [6, 6.07) is 2.67. The van der Waals surface area contributed by atoms with Crippen molar-refractivity contribution in [3.63, 3.8) is 0 Å². The smallest absolute Gasteiger partial charge is 0.316 e. The lowest BCUT2D eigenvalue weighted by Gasteiger charge is -2.29. The average molecular weight is 974 g/mol. The molecule has 20 nitrogen and oxygen atoms in total. The first-order valence-corrected chi connectivity index (χ1v) is 23.9. The van der Waals surface area contributed by atoms with Crippen molar-refractivity contribution in [2.45, 2.75) is 119 Å². The molecule has 0 bridgehead atoms. The Balaban J connectivity index is 1.14. The number of H-pyrrole nitrogens is 1. The molecular formula is C47H73ClN10O10. The summed E-state index contributed by atoms with van der Waals surface area (Å²) in [4.78, 5) is 68.6. The molecule has 2 amide bonds. The number of imidazole rings is 1. The molecule has 0 spiro atoms.